The molecule has 0 aliphatic carbocycles. The number of aliphatic hydroxyl groups excluding tert-OH is 1. The van der Waals surface area contributed by atoms with E-state index < -0.39 is 0 Å². The topological polar surface area (TPSA) is 58.6 Å². The van der Waals surface area contributed by atoms with Crippen molar-refractivity contribution in [1.29, 1.82) is 0 Å². The molecule has 0 aliphatic rings. The number of carbonyl (C=O) groups excluding carboxylic acids is 1. The Morgan fingerprint density at radius 2 is 2.17 bits per heavy atom. The lowest BCUT2D eigenvalue weighted by molar-refractivity contribution is -0.116. The van der Waals surface area contributed by atoms with E-state index >= 15 is 0 Å². The summed E-state index contributed by atoms with van der Waals surface area (Å²) in [5.41, 5.74) is 1.83. The van der Waals surface area contributed by atoms with Crippen LogP contribution in [0.4, 0.5) is 5.69 Å². The van der Waals surface area contributed by atoms with Crippen LogP contribution < -0.4 is 10.1 Å². The monoisotopic (exact) mass is 251 g/mol. The van der Waals surface area contributed by atoms with Crippen molar-refractivity contribution in [3.8, 4) is 5.75 Å². The van der Waals surface area contributed by atoms with Crippen LogP contribution in [0.3, 0.4) is 0 Å². The first-order valence-electron chi connectivity index (χ1n) is 6.17. The van der Waals surface area contributed by atoms with Gasteiger partial charge in [0.05, 0.1) is 7.11 Å². The van der Waals surface area contributed by atoms with E-state index in [0.717, 1.165) is 17.0 Å². The third kappa shape index (κ3) is 4.04. The number of rotatable bonds is 6. The number of carbonyl (C=O) groups is 1. The Labute approximate surface area is 108 Å². The second-order valence-electron chi connectivity index (χ2n) is 4.49. The molecule has 0 aromatic heterocycles. The predicted molar refractivity (Wildman–Crippen MR) is 72.0 cm³/mol. The minimum absolute atomic E-state index is 0.0350. The lowest BCUT2D eigenvalue weighted by Gasteiger charge is -2.14. The molecule has 1 aromatic carbocycles. The van der Waals surface area contributed by atoms with Crippen LogP contribution in [0.1, 0.15) is 38.2 Å². The second-order valence-corrected chi connectivity index (χ2v) is 4.49. The molecular formula is C14H21NO3. The molecule has 4 heteroatoms. The minimum Gasteiger partial charge on any atom is -0.496 e. The first kappa shape index (κ1) is 14.5. The van der Waals surface area contributed by atoms with Gasteiger partial charge in [-0.2, -0.15) is 0 Å². The maximum absolute atomic E-state index is 11.6. The number of amides is 1. The van der Waals surface area contributed by atoms with Gasteiger partial charge in [0.15, 0.2) is 0 Å². The summed E-state index contributed by atoms with van der Waals surface area (Å²) in [4.78, 5) is 11.6. The van der Waals surface area contributed by atoms with Crippen molar-refractivity contribution in [3.63, 3.8) is 0 Å². The van der Waals surface area contributed by atoms with Crippen LogP contribution in [-0.4, -0.2) is 24.7 Å². The average Bonchev–Trinajstić information content (AvgIpc) is 2.36. The van der Waals surface area contributed by atoms with Crippen LogP contribution in [-0.2, 0) is 4.79 Å². The Kier molecular flexibility index (Phi) is 5.65. The van der Waals surface area contributed by atoms with Gasteiger partial charge in [0.2, 0.25) is 5.91 Å². The number of nitrogens with one attached hydrogen (secondary N) is 1. The summed E-state index contributed by atoms with van der Waals surface area (Å²) in [6.45, 7) is 4.19. The first-order chi connectivity index (χ1) is 8.58. The van der Waals surface area contributed by atoms with E-state index in [2.05, 4.69) is 19.2 Å². The van der Waals surface area contributed by atoms with Gasteiger partial charge in [-0.3, -0.25) is 4.79 Å². The molecule has 0 aliphatic heterocycles. The number of hydrogen-bond acceptors (Lipinski definition) is 3. The summed E-state index contributed by atoms with van der Waals surface area (Å²) in [6.07, 6.45) is 0.818. The lowest BCUT2D eigenvalue weighted by atomic mass is 10.0. The van der Waals surface area contributed by atoms with Crippen molar-refractivity contribution in [2.45, 2.75) is 32.6 Å². The Hall–Kier alpha value is -1.55. The fourth-order valence-electron chi connectivity index (χ4n) is 1.73. The Balaban J connectivity index is 2.78. The van der Waals surface area contributed by atoms with Gasteiger partial charge < -0.3 is 15.2 Å². The number of hydrogen-bond donors (Lipinski definition) is 2. The maximum Gasteiger partial charge on any atom is 0.224 e. The SMILES string of the molecule is COc1ccc(NC(=O)CCCO)cc1C(C)C. The van der Waals surface area contributed by atoms with Gasteiger partial charge in [0, 0.05) is 18.7 Å². The van der Waals surface area contributed by atoms with E-state index in [1.807, 2.05) is 18.2 Å². The number of methoxy groups -OCH3 is 1. The van der Waals surface area contributed by atoms with Crippen LogP contribution in [0.15, 0.2) is 18.2 Å². The van der Waals surface area contributed by atoms with Gasteiger partial charge in [-0.25, -0.2) is 0 Å². The molecular weight excluding hydrogens is 230 g/mol. The number of aliphatic hydroxyl groups is 1. The van der Waals surface area contributed by atoms with Crippen molar-refractivity contribution in [1.82, 2.24) is 0 Å². The zero-order valence-electron chi connectivity index (χ0n) is 11.2. The summed E-state index contributed by atoms with van der Waals surface area (Å²) in [5, 5.41) is 11.5. The van der Waals surface area contributed by atoms with E-state index in [9.17, 15) is 4.79 Å². The molecule has 18 heavy (non-hydrogen) atoms. The number of ether oxygens (including phenoxy) is 1. The highest BCUT2D eigenvalue weighted by Gasteiger charge is 2.09. The largest absolute Gasteiger partial charge is 0.496 e. The molecule has 1 amide bonds. The molecule has 0 unspecified atom stereocenters. The molecule has 1 rings (SSSR count). The zero-order chi connectivity index (χ0) is 13.5. The molecule has 0 bridgehead atoms. The number of anilines is 1. The summed E-state index contributed by atoms with van der Waals surface area (Å²) in [6, 6.07) is 5.61. The van der Waals surface area contributed by atoms with E-state index in [-0.39, 0.29) is 12.5 Å². The third-order valence-corrected chi connectivity index (χ3v) is 2.70. The lowest BCUT2D eigenvalue weighted by Crippen LogP contribution is -2.12. The summed E-state index contributed by atoms with van der Waals surface area (Å²) in [5.74, 6) is 1.08. The Morgan fingerprint density at radius 3 is 2.72 bits per heavy atom. The van der Waals surface area contributed by atoms with Crippen molar-refractivity contribution >= 4 is 11.6 Å². The molecule has 100 valence electrons. The molecule has 0 radical (unpaired) electrons. The number of benzene rings is 1. The standard InChI is InChI=1S/C14H21NO3/c1-10(2)12-9-11(6-7-13(12)18-3)15-14(17)5-4-8-16/h6-7,9-10,16H,4-5,8H2,1-3H3,(H,15,17). The summed E-state index contributed by atoms with van der Waals surface area (Å²) in [7, 11) is 1.64. The van der Waals surface area contributed by atoms with Gasteiger partial charge in [0.25, 0.3) is 0 Å². The molecule has 0 atom stereocenters. The highest BCUT2D eigenvalue weighted by molar-refractivity contribution is 5.90. The van der Waals surface area contributed by atoms with E-state index in [0.29, 0.717) is 18.8 Å². The molecule has 2 N–H and O–H groups in total. The quantitative estimate of drug-likeness (QED) is 0.816. The average molecular weight is 251 g/mol. The normalized spacial score (nSPS) is 10.5. The zero-order valence-corrected chi connectivity index (χ0v) is 11.2. The molecule has 0 spiro atoms. The van der Waals surface area contributed by atoms with Gasteiger partial charge in [-0.05, 0) is 36.1 Å². The van der Waals surface area contributed by atoms with Gasteiger partial charge in [0.1, 0.15) is 5.75 Å². The molecule has 0 saturated carbocycles. The second kappa shape index (κ2) is 7.01. The fourth-order valence-corrected chi connectivity index (χ4v) is 1.73. The molecule has 0 heterocycles. The van der Waals surface area contributed by atoms with Crippen LogP contribution in [0, 0.1) is 0 Å². The molecule has 1 aromatic rings. The van der Waals surface area contributed by atoms with E-state index in [4.69, 9.17) is 9.84 Å². The first-order valence-corrected chi connectivity index (χ1v) is 6.17. The van der Waals surface area contributed by atoms with Gasteiger partial charge in [-0.1, -0.05) is 13.8 Å². The van der Waals surface area contributed by atoms with Crippen LogP contribution in [0.2, 0.25) is 0 Å². The van der Waals surface area contributed by atoms with Crippen molar-refractivity contribution in [2.75, 3.05) is 19.0 Å². The Bertz CT molecular complexity index is 402. The predicted octanol–water partition coefficient (Wildman–Crippen LogP) is 2.53. The Morgan fingerprint density at radius 1 is 1.44 bits per heavy atom. The summed E-state index contributed by atoms with van der Waals surface area (Å²) >= 11 is 0. The van der Waals surface area contributed by atoms with Crippen molar-refractivity contribution in [2.24, 2.45) is 0 Å². The van der Waals surface area contributed by atoms with Gasteiger partial charge >= 0.3 is 0 Å². The summed E-state index contributed by atoms with van der Waals surface area (Å²) < 4.78 is 5.29. The third-order valence-electron chi connectivity index (χ3n) is 2.70. The van der Waals surface area contributed by atoms with E-state index in [1.54, 1.807) is 7.11 Å². The maximum atomic E-state index is 11.6. The van der Waals surface area contributed by atoms with Gasteiger partial charge in [-0.15, -0.1) is 0 Å². The van der Waals surface area contributed by atoms with Crippen LogP contribution in [0.5, 0.6) is 5.75 Å². The van der Waals surface area contributed by atoms with Crippen molar-refractivity contribution < 1.29 is 14.6 Å². The van der Waals surface area contributed by atoms with Crippen LogP contribution >= 0.6 is 0 Å². The molecule has 0 saturated heterocycles. The molecule has 0 fully saturated rings. The highest BCUT2D eigenvalue weighted by Crippen LogP contribution is 2.29. The van der Waals surface area contributed by atoms with Crippen molar-refractivity contribution in [3.05, 3.63) is 23.8 Å². The minimum atomic E-state index is -0.0797. The van der Waals surface area contributed by atoms with Crippen LogP contribution in [0.25, 0.3) is 0 Å². The van der Waals surface area contributed by atoms with E-state index in [1.165, 1.54) is 0 Å². The fraction of sp³-hybridized carbons (Fsp3) is 0.500. The smallest absolute Gasteiger partial charge is 0.224 e. The highest BCUT2D eigenvalue weighted by atomic mass is 16.5. The molecule has 4 nitrogen and oxygen atoms in total.